The molecule has 1 aliphatic heterocycles. The van der Waals surface area contributed by atoms with Crippen LogP contribution in [-0.4, -0.2) is 40.8 Å². The monoisotopic (exact) mass is 278 g/mol. The van der Waals surface area contributed by atoms with Crippen LogP contribution in [0.15, 0.2) is 24.3 Å². The molecule has 2 rings (SSSR count). The van der Waals surface area contributed by atoms with Crippen LogP contribution < -0.4 is 5.32 Å². The smallest absolute Gasteiger partial charge is 0.408 e. The summed E-state index contributed by atoms with van der Waals surface area (Å²) < 4.78 is 0. The zero-order valence-electron chi connectivity index (χ0n) is 12.2. The van der Waals surface area contributed by atoms with E-state index >= 15 is 0 Å². The van der Waals surface area contributed by atoms with Crippen LogP contribution >= 0.6 is 0 Å². The van der Waals surface area contributed by atoms with Gasteiger partial charge in [0.05, 0.1) is 5.54 Å². The average molecular weight is 278 g/mol. The minimum Gasteiger partial charge on any atom is -0.508 e. The first-order valence-electron chi connectivity index (χ1n) is 6.80. The summed E-state index contributed by atoms with van der Waals surface area (Å²) in [6, 6.07) is 6.99. The maximum atomic E-state index is 11.7. The van der Waals surface area contributed by atoms with Crippen molar-refractivity contribution in [3.8, 4) is 5.75 Å². The number of hydrogen-bond acceptors (Lipinski definition) is 3. The molecular formula is C15H22N2O3. The second-order valence-corrected chi connectivity index (χ2v) is 6.24. The van der Waals surface area contributed by atoms with E-state index in [9.17, 15) is 15.0 Å². The number of hydrogen-bond donors (Lipinski definition) is 3. The van der Waals surface area contributed by atoms with Gasteiger partial charge in [0.25, 0.3) is 0 Å². The van der Waals surface area contributed by atoms with E-state index < -0.39 is 11.6 Å². The average Bonchev–Trinajstić information content (AvgIpc) is 2.37. The number of nitrogens with zero attached hydrogens (tertiary/aromatic N) is 1. The summed E-state index contributed by atoms with van der Waals surface area (Å²) in [5.41, 5.74) is -0.498. The number of para-hydroxylation sites is 1. The normalized spacial score (nSPS) is 23.6. The summed E-state index contributed by atoms with van der Waals surface area (Å²) in [7, 11) is 0. The third-order valence-corrected chi connectivity index (χ3v) is 4.18. The van der Waals surface area contributed by atoms with Crippen molar-refractivity contribution in [1.29, 1.82) is 0 Å². The molecular weight excluding hydrogens is 256 g/mol. The van der Waals surface area contributed by atoms with E-state index in [2.05, 4.69) is 5.32 Å². The number of aromatic hydroxyl groups is 1. The molecule has 1 aromatic carbocycles. The van der Waals surface area contributed by atoms with Gasteiger partial charge in [0.15, 0.2) is 0 Å². The molecule has 3 N–H and O–H groups in total. The first-order valence-corrected chi connectivity index (χ1v) is 6.80. The minimum absolute atomic E-state index is 0.136. The van der Waals surface area contributed by atoms with Gasteiger partial charge in [-0.1, -0.05) is 39.0 Å². The van der Waals surface area contributed by atoms with Gasteiger partial charge in [-0.05, 0) is 11.5 Å². The number of phenolic OH excluding ortho intramolecular Hbond substituents is 1. The third kappa shape index (κ3) is 2.12. The first-order chi connectivity index (χ1) is 9.30. The van der Waals surface area contributed by atoms with E-state index in [1.165, 1.54) is 4.90 Å². The molecule has 0 aromatic heterocycles. The number of carbonyl (C=O) groups is 1. The van der Waals surface area contributed by atoms with E-state index in [-0.39, 0.29) is 11.2 Å². The molecule has 0 saturated carbocycles. The van der Waals surface area contributed by atoms with Crippen molar-refractivity contribution >= 4 is 6.09 Å². The van der Waals surface area contributed by atoms with Crippen LogP contribution in [0.5, 0.6) is 5.75 Å². The van der Waals surface area contributed by atoms with E-state index in [0.29, 0.717) is 25.2 Å². The second kappa shape index (κ2) is 4.98. The maximum Gasteiger partial charge on any atom is 0.408 e. The molecule has 0 radical (unpaired) electrons. The molecule has 20 heavy (non-hydrogen) atoms. The Morgan fingerprint density at radius 2 is 2.00 bits per heavy atom. The molecule has 1 heterocycles. The number of carboxylic acid groups (broad SMARTS) is 1. The lowest BCUT2D eigenvalue weighted by Crippen LogP contribution is -2.66. The topological polar surface area (TPSA) is 72.8 Å². The quantitative estimate of drug-likeness (QED) is 0.736. The predicted octanol–water partition coefficient (Wildman–Crippen LogP) is 2.22. The molecule has 5 heteroatoms. The summed E-state index contributed by atoms with van der Waals surface area (Å²) in [6.45, 7) is 7.52. The highest BCUT2D eigenvalue weighted by molar-refractivity contribution is 5.68. The van der Waals surface area contributed by atoms with Crippen LogP contribution in [0.3, 0.4) is 0 Å². The van der Waals surface area contributed by atoms with E-state index in [0.717, 1.165) is 0 Å². The highest BCUT2D eigenvalue weighted by Gasteiger charge is 2.52. The Kier molecular flexibility index (Phi) is 3.65. The zero-order chi connectivity index (χ0) is 15.0. The number of rotatable bonds is 1. The van der Waals surface area contributed by atoms with Crippen molar-refractivity contribution in [2.24, 2.45) is 5.41 Å². The van der Waals surface area contributed by atoms with E-state index in [1.807, 2.05) is 32.9 Å². The molecule has 1 unspecified atom stereocenters. The van der Waals surface area contributed by atoms with Crippen molar-refractivity contribution < 1.29 is 15.0 Å². The summed E-state index contributed by atoms with van der Waals surface area (Å²) >= 11 is 0. The van der Waals surface area contributed by atoms with Crippen LogP contribution in [0.4, 0.5) is 4.79 Å². The van der Waals surface area contributed by atoms with Gasteiger partial charge in [0.2, 0.25) is 0 Å². The lowest BCUT2D eigenvalue weighted by molar-refractivity contribution is -0.0197. The Morgan fingerprint density at radius 3 is 2.55 bits per heavy atom. The third-order valence-electron chi connectivity index (χ3n) is 4.18. The molecule has 1 aromatic rings. The number of phenols is 1. The molecule has 1 atom stereocenters. The van der Waals surface area contributed by atoms with Crippen molar-refractivity contribution in [3.05, 3.63) is 29.8 Å². The number of benzene rings is 1. The Bertz CT molecular complexity index is 510. The van der Waals surface area contributed by atoms with Crippen molar-refractivity contribution in [1.82, 2.24) is 10.2 Å². The van der Waals surface area contributed by atoms with Gasteiger partial charge in [-0.3, -0.25) is 4.90 Å². The molecule has 1 amide bonds. The molecule has 1 fully saturated rings. The first kappa shape index (κ1) is 14.7. The number of amides is 1. The van der Waals surface area contributed by atoms with Crippen LogP contribution in [0.25, 0.3) is 0 Å². The van der Waals surface area contributed by atoms with Gasteiger partial charge in [-0.15, -0.1) is 0 Å². The van der Waals surface area contributed by atoms with E-state index in [1.54, 1.807) is 12.1 Å². The van der Waals surface area contributed by atoms with Crippen LogP contribution in [0.1, 0.15) is 26.3 Å². The highest BCUT2D eigenvalue weighted by atomic mass is 16.4. The summed E-state index contributed by atoms with van der Waals surface area (Å²) in [4.78, 5) is 13.2. The lowest BCUT2D eigenvalue weighted by Gasteiger charge is -2.54. The van der Waals surface area contributed by atoms with Gasteiger partial charge in [-0.25, -0.2) is 4.79 Å². The number of piperazine rings is 1. The molecule has 5 nitrogen and oxygen atoms in total. The fourth-order valence-corrected chi connectivity index (χ4v) is 3.14. The molecule has 0 aliphatic carbocycles. The summed E-state index contributed by atoms with van der Waals surface area (Å²) in [6.07, 6.45) is -0.954. The molecule has 0 bridgehead atoms. The van der Waals surface area contributed by atoms with Gasteiger partial charge >= 0.3 is 6.09 Å². The molecule has 110 valence electrons. The van der Waals surface area contributed by atoms with Gasteiger partial charge < -0.3 is 15.5 Å². The lowest BCUT2D eigenvalue weighted by atomic mass is 9.67. The molecule has 1 aliphatic rings. The van der Waals surface area contributed by atoms with Crippen molar-refractivity contribution in [2.75, 3.05) is 19.6 Å². The molecule has 1 saturated heterocycles. The van der Waals surface area contributed by atoms with Gasteiger partial charge in [0, 0.05) is 25.2 Å². The zero-order valence-corrected chi connectivity index (χ0v) is 12.2. The van der Waals surface area contributed by atoms with Crippen molar-refractivity contribution in [2.45, 2.75) is 26.3 Å². The summed E-state index contributed by atoms with van der Waals surface area (Å²) in [5.74, 6) is 0.136. The Labute approximate surface area is 119 Å². The van der Waals surface area contributed by atoms with Gasteiger partial charge in [-0.2, -0.15) is 0 Å². The summed E-state index contributed by atoms with van der Waals surface area (Å²) in [5, 5.41) is 23.1. The van der Waals surface area contributed by atoms with E-state index in [4.69, 9.17) is 0 Å². The fraction of sp³-hybridized carbons (Fsp3) is 0.533. The van der Waals surface area contributed by atoms with Gasteiger partial charge in [0.1, 0.15) is 5.75 Å². The largest absolute Gasteiger partial charge is 0.508 e. The Morgan fingerprint density at radius 1 is 1.35 bits per heavy atom. The maximum absolute atomic E-state index is 11.7. The van der Waals surface area contributed by atoms with Crippen LogP contribution in [0, 0.1) is 5.41 Å². The standard InChI is InChI=1S/C15H22N2O3/c1-14(2,3)15(11-6-4-5-7-12(11)18)10-16-8-9-17(15)13(19)20/h4-7,16,18H,8-10H2,1-3H3,(H,19,20). The predicted molar refractivity (Wildman–Crippen MR) is 76.8 cm³/mol. The number of nitrogens with one attached hydrogen (secondary N) is 1. The Hall–Kier alpha value is -1.75. The minimum atomic E-state index is -0.954. The van der Waals surface area contributed by atoms with Crippen LogP contribution in [0.2, 0.25) is 0 Å². The van der Waals surface area contributed by atoms with Crippen molar-refractivity contribution in [3.63, 3.8) is 0 Å². The fourth-order valence-electron chi connectivity index (χ4n) is 3.14. The SMILES string of the molecule is CC(C)(C)C1(c2ccccc2O)CNCCN1C(=O)O. The Balaban J connectivity index is 2.67. The molecule has 0 spiro atoms. The second-order valence-electron chi connectivity index (χ2n) is 6.24. The van der Waals surface area contributed by atoms with Crippen LogP contribution in [-0.2, 0) is 5.54 Å². The highest BCUT2D eigenvalue weighted by Crippen LogP contribution is 2.47.